The largest absolute Gasteiger partial charge is 0.466 e. The molecule has 0 saturated carbocycles. The van der Waals surface area contributed by atoms with Gasteiger partial charge in [-0.3, -0.25) is 4.79 Å². The number of hydrogen-bond donors (Lipinski definition) is 1. The Bertz CT molecular complexity index is 1010. The molecule has 1 unspecified atom stereocenters. The van der Waals surface area contributed by atoms with E-state index in [1.165, 1.54) is 18.3 Å². The summed E-state index contributed by atoms with van der Waals surface area (Å²) in [6.07, 6.45) is 1.23. The van der Waals surface area contributed by atoms with Crippen molar-refractivity contribution in [3.8, 4) is 0 Å². The van der Waals surface area contributed by atoms with Crippen molar-refractivity contribution in [3.63, 3.8) is 0 Å². The number of halogens is 1. The van der Waals surface area contributed by atoms with Gasteiger partial charge in [-0.1, -0.05) is 72.3 Å². The van der Waals surface area contributed by atoms with E-state index >= 15 is 0 Å². The molecule has 3 rings (SSSR count). The molecule has 7 heteroatoms. The SMILES string of the molecule is COC(=O)C(O)(c1ccccc1)c1c(Cl)cnn(Cc2ccccc2)c1=O. The van der Waals surface area contributed by atoms with E-state index in [1.54, 1.807) is 18.2 Å². The zero-order valence-corrected chi connectivity index (χ0v) is 15.3. The van der Waals surface area contributed by atoms with Crippen molar-refractivity contribution >= 4 is 17.6 Å². The lowest BCUT2D eigenvalue weighted by atomic mass is 9.87. The third-order valence-corrected chi connectivity index (χ3v) is 4.49. The molecule has 0 aliphatic rings. The summed E-state index contributed by atoms with van der Waals surface area (Å²) < 4.78 is 5.92. The zero-order chi connectivity index (χ0) is 19.4. The van der Waals surface area contributed by atoms with E-state index in [1.807, 2.05) is 30.3 Å². The first-order chi connectivity index (χ1) is 13.0. The first-order valence-corrected chi connectivity index (χ1v) is 8.52. The Morgan fingerprint density at radius 1 is 1.15 bits per heavy atom. The topological polar surface area (TPSA) is 81.4 Å². The number of aliphatic hydroxyl groups is 1. The van der Waals surface area contributed by atoms with Crippen LogP contribution in [0.4, 0.5) is 0 Å². The number of carbonyl (C=O) groups is 1. The van der Waals surface area contributed by atoms with E-state index in [-0.39, 0.29) is 22.7 Å². The van der Waals surface area contributed by atoms with Gasteiger partial charge in [0.05, 0.1) is 30.4 Å². The Labute approximate surface area is 160 Å². The van der Waals surface area contributed by atoms with Crippen LogP contribution in [0.25, 0.3) is 0 Å². The number of benzene rings is 2. The summed E-state index contributed by atoms with van der Waals surface area (Å²) in [5.74, 6) is -1.01. The number of carbonyl (C=O) groups excluding carboxylic acids is 1. The van der Waals surface area contributed by atoms with Crippen LogP contribution in [0, 0.1) is 0 Å². The lowest BCUT2D eigenvalue weighted by Gasteiger charge is -2.26. The van der Waals surface area contributed by atoms with Gasteiger partial charge in [0.15, 0.2) is 0 Å². The van der Waals surface area contributed by atoms with Gasteiger partial charge >= 0.3 is 5.97 Å². The molecule has 6 nitrogen and oxygen atoms in total. The highest BCUT2D eigenvalue weighted by molar-refractivity contribution is 6.31. The van der Waals surface area contributed by atoms with Crippen LogP contribution in [0.3, 0.4) is 0 Å². The molecule has 0 radical (unpaired) electrons. The maximum absolute atomic E-state index is 13.1. The molecule has 3 aromatic rings. The van der Waals surface area contributed by atoms with Crippen molar-refractivity contribution in [2.45, 2.75) is 12.1 Å². The van der Waals surface area contributed by atoms with E-state index in [2.05, 4.69) is 5.10 Å². The monoisotopic (exact) mass is 384 g/mol. The van der Waals surface area contributed by atoms with Crippen molar-refractivity contribution in [2.24, 2.45) is 0 Å². The normalized spacial score (nSPS) is 13.0. The molecule has 27 heavy (non-hydrogen) atoms. The fourth-order valence-electron chi connectivity index (χ4n) is 2.86. The number of nitrogens with zero attached hydrogens (tertiary/aromatic N) is 2. The molecule has 0 aliphatic heterocycles. The lowest BCUT2D eigenvalue weighted by molar-refractivity contribution is -0.159. The summed E-state index contributed by atoms with van der Waals surface area (Å²) in [5, 5.41) is 15.2. The fourth-order valence-corrected chi connectivity index (χ4v) is 3.12. The van der Waals surface area contributed by atoms with E-state index in [4.69, 9.17) is 16.3 Å². The minimum Gasteiger partial charge on any atom is -0.466 e. The first kappa shape index (κ1) is 18.8. The molecular weight excluding hydrogens is 368 g/mol. The van der Waals surface area contributed by atoms with Crippen LogP contribution in [0.15, 0.2) is 71.7 Å². The van der Waals surface area contributed by atoms with Crippen LogP contribution in [0.2, 0.25) is 5.02 Å². The maximum atomic E-state index is 13.1. The van der Waals surface area contributed by atoms with Gasteiger partial charge in [0.2, 0.25) is 5.60 Å². The summed E-state index contributed by atoms with van der Waals surface area (Å²) in [4.78, 5) is 25.6. The average molecular weight is 385 g/mol. The number of esters is 1. The second-order valence-corrected chi connectivity index (χ2v) is 6.29. The number of ether oxygens (including phenoxy) is 1. The molecule has 0 aliphatic carbocycles. The Kier molecular flexibility index (Phi) is 5.39. The molecule has 0 fully saturated rings. The van der Waals surface area contributed by atoms with Crippen molar-refractivity contribution in [3.05, 3.63) is 98.9 Å². The second-order valence-electron chi connectivity index (χ2n) is 5.88. The van der Waals surface area contributed by atoms with Gasteiger partial charge in [0.1, 0.15) is 0 Å². The van der Waals surface area contributed by atoms with E-state index in [0.29, 0.717) is 0 Å². The number of rotatable bonds is 5. The lowest BCUT2D eigenvalue weighted by Crippen LogP contribution is -2.44. The first-order valence-electron chi connectivity index (χ1n) is 8.14. The van der Waals surface area contributed by atoms with Gasteiger partial charge in [0, 0.05) is 0 Å². The number of hydrogen-bond acceptors (Lipinski definition) is 5. The molecule has 0 spiro atoms. The molecular formula is C20H17ClN2O4. The van der Waals surface area contributed by atoms with Gasteiger partial charge in [-0.15, -0.1) is 0 Å². The second kappa shape index (κ2) is 7.73. The van der Waals surface area contributed by atoms with Crippen LogP contribution >= 0.6 is 11.6 Å². The van der Waals surface area contributed by atoms with Crippen molar-refractivity contribution in [2.75, 3.05) is 7.11 Å². The van der Waals surface area contributed by atoms with Crippen LogP contribution in [0.5, 0.6) is 0 Å². The molecule has 0 saturated heterocycles. The van der Waals surface area contributed by atoms with Crippen LogP contribution < -0.4 is 5.56 Å². The highest BCUT2D eigenvalue weighted by Gasteiger charge is 2.45. The third kappa shape index (κ3) is 3.49. The summed E-state index contributed by atoms with van der Waals surface area (Å²) in [7, 11) is 1.13. The van der Waals surface area contributed by atoms with Gasteiger partial charge in [0.25, 0.3) is 5.56 Å². The highest BCUT2D eigenvalue weighted by atomic mass is 35.5. The molecule has 1 heterocycles. The summed E-state index contributed by atoms with van der Waals surface area (Å²) in [5.41, 5.74) is -2.32. The summed E-state index contributed by atoms with van der Waals surface area (Å²) in [6.45, 7) is 0.163. The zero-order valence-electron chi connectivity index (χ0n) is 14.5. The standard InChI is InChI=1S/C20H17ClN2O4/c1-27-19(25)20(26,15-10-6-3-7-11-15)17-16(21)12-22-23(18(17)24)13-14-8-4-2-5-9-14/h2-12,26H,13H2,1H3. The Morgan fingerprint density at radius 3 is 2.33 bits per heavy atom. The average Bonchev–Trinajstić information content (AvgIpc) is 2.71. The predicted molar refractivity (Wildman–Crippen MR) is 101 cm³/mol. The van der Waals surface area contributed by atoms with Crippen molar-refractivity contribution < 1.29 is 14.6 Å². The number of methoxy groups -OCH3 is 1. The van der Waals surface area contributed by atoms with E-state index in [0.717, 1.165) is 17.4 Å². The minimum atomic E-state index is -2.36. The Morgan fingerprint density at radius 2 is 1.74 bits per heavy atom. The predicted octanol–water partition coefficient (Wildman–Crippen LogP) is 2.35. The van der Waals surface area contributed by atoms with Crippen LogP contribution in [-0.2, 0) is 21.7 Å². The van der Waals surface area contributed by atoms with Crippen molar-refractivity contribution in [1.82, 2.24) is 9.78 Å². The highest BCUT2D eigenvalue weighted by Crippen LogP contribution is 2.32. The molecule has 2 aromatic carbocycles. The van der Waals surface area contributed by atoms with Gasteiger partial charge in [-0.25, -0.2) is 9.48 Å². The smallest absolute Gasteiger partial charge is 0.347 e. The van der Waals surface area contributed by atoms with Crippen LogP contribution in [-0.4, -0.2) is 28.0 Å². The van der Waals surface area contributed by atoms with Crippen molar-refractivity contribution in [1.29, 1.82) is 0 Å². The Hall–Kier alpha value is -2.96. The Balaban J connectivity index is 2.20. The minimum absolute atomic E-state index is 0.124. The molecule has 0 bridgehead atoms. The van der Waals surface area contributed by atoms with Crippen LogP contribution in [0.1, 0.15) is 16.7 Å². The quantitative estimate of drug-likeness (QED) is 0.683. The summed E-state index contributed by atoms with van der Waals surface area (Å²) in [6, 6.07) is 17.3. The molecule has 1 N–H and O–H groups in total. The fraction of sp³-hybridized carbons (Fsp3) is 0.150. The molecule has 138 valence electrons. The molecule has 1 aromatic heterocycles. The van der Waals surface area contributed by atoms with E-state index in [9.17, 15) is 14.7 Å². The summed E-state index contributed by atoms with van der Waals surface area (Å²) >= 11 is 6.20. The van der Waals surface area contributed by atoms with Gasteiger partial charge in [-0.2, -0.15) is 5.10 Å². The van der Waals surface area contributed by atoms with Gasteiger partial charge in [-0.05, 0) is 11.1 Å². The van der Waals surface area contributed by atoms with E-state index < -0.39 is 17.1 Å². The number of aromatic nitrogens is 2. The van der Waals surface area contributed by atoms with Gasteiger partial charge < -0.3 is 9.84 Å². The molecule has 0 amide bonds. The maximum Gasteiger partial charge on any atom is 0.347 e. The third-order valence-electron chi connectivity index (χ3n) is 4.21. The molecule has 1 atom stereocenters.